The van der Waals surface area contributed by atoms with Gasteiger partial charge in [0, 0.05) is 49.8 Å². The summed E-state index contributed by atoms with van der Waals surface area (Å²) >= 11 is 0. The number of hydrogen-bond acceptors (Lipinski definition) is 4. The van der Waals surface area contributed by atoms with E-state index in [1.54, 1.807) is 12.1 Å². The lowest BCUT2D eigenvalue weighted by molar-refractivity contribution is -0.143. The number of pyridine rings is 1. The third-order valence-electron chi connectivity index (χ3n) is 6.37. The lowest BCUT2D eigenvalue weighted by Crippen LogP contribution is -2.48. The summed E-state index contributed by atoms with van der Waals surface area (Å²) in [7, 11) is 0. The number of aromatic nitrogens is 1. The fourth-order valence-corrected chi connectivity index (χ4v) is 4.97. The van der Waals surface area contributed by atoms with Gasteiger partial charge in [-0.3, -0.25) is 14.5 Å². The summed E-state index contributed by atoms with van der Waals surface area (Å²) < 4.78 is 53.8. The van der Waals surface area contributed by atoms with Crippen molar-refractivity contribution in [2.75, 3.05) is 13.2 Å². The van der Waals surface area contributed by atoms with Crippen LogP contribution in [0, 0.1) is 17.7 Å². The van der Waals surface area contributed by atoms with Gasteiger partial charge in [-0.2, -0.15) is 13.2 Å². The van der Waals surface area contributed by atoms with Gasteiger partial charge in [-0.15, -0.1) is 0 Å². The second-order valence-corrected chi connectivity index (χ2v) is 8.25. The normalized spacial score (nSPS) is 24.9. The van der Waals surface area contributed by atoms with Crippen LogP contribution in [0.15, 0.2) is 47.3 Å². The molecule has 0 spiro atoms. The molecule has 0 aliphatic carbocycles. The van der Waals surface area contributed by atoms with Crippen LogP contribution in [0.25, 0.3) is 0 Å². The molecule has 1 aromatic carbocycles. The fourth-order valence-electron chi connectivity index (χ4n) is 4.97. The third-order valence-corrected chi connectivity index (χ3v) is 6.37. The molecular formula is C22H23F4N3O3. The highest BCUT2D eigenvalue weighted by molar-refractivity contribution is 5.82. The number of likely N-dealkylation sites (tertiary alicyclic amines) is 1. The van der Waals surface area contributed by atoms with Crippen molar-refractivity contribution >= 4 is 5.91 Å². The van der Waals surface area contributed by atoms with E-state index in [0.29, 0.717) is 11.3 Å². The molecule has 4 rings (SSSR count). The predicted octanol–water partition coefficient (Wildman–Crippen LogP) is 2.22. The predicted molar refractivity (Wildman–Crippen MR) is 107 cm³/mol. The molecule has 0 bridgehead atoms. The fraction of sp³-hybridized carbons (Fsp3) is 0.455. The number of aliphatic hydroxyl groups excluding tert-OH is 1. The van der Waals surface area contributed by atoms with Crippen LogP contribution >= 0.6 is 0 Å². The number of nitrogens with zero attached hydrogens (tertiary/aromatic N) is 2. The van der Waals surface area contributed by atoms with Gasteiger partial charge in [0.2, 0.25) is 5.91 Å². The summed E-state index contributed by atoms with van der Waals surface area (Å²) in [5, 5.41) is 12.8. The highest BCUT2D eigenvalue weighted by atomic mass is 19.4. The van der Waals surface area contributed by atoms with E-state index >= 15 is 0 Å². The molecule has 6 nitrogen and oxygen atoms in total. The van der Waals surface area contributed by atoms with Crippen molar-refractivity contribution in [2.24, 2.45) is 11.8 Å². The summed E-state index contributed by atoms with van der Waals surface area (Å²) in [5.74, 6) is -1.93. The van der Waals surface area contributed by atoms with Crippen molar-refractivity contribution in [3.63, 3.8) is 0 Å². The average Bonchev–Trinajstić information content (AvgIpc) is 3.26. The molecule has 32 heavy (non-hydrogen) atoms. The first kappa shape index (κ1) is 22.5. The van der Waals surface area contributed by atoms with Gasteiger partial charge >= 0.3 is 6.18 Å². The molecule has 0 unspecified atom stereocenters. The highest BCUT2D eigenvalue weighted by Gasteiger charge is 2.55. The van der Waals surface area contributed by atoms with E-state index in [1.165, 1.54) is 39.8 Å². The highest BCUT2D eigenvalue weighted by Crippen LogP contribution is 2.49. The van der Waals surface area contributed by atoms with Crippen molar-refractivity contribution in [1.82, 2.24) is 14.8 Å². The van der Waals surface area contributed by atoms with Gasteiger partial charge in [-0.1, -0.05) is 18.2 Å². The van der Waals surface area contributed by atoms with E-state index in [1.807, 2.05) is 0 Å². The monoisotopic (exact) mass is 453 g/mol. The Hall–Kier alpha value is -2.72. The Morgan fingerprint density at radius 1 is 1.16 bits per heavy atom. The largest absolute Gasteiger partial charge is 0.396 e. The summed E-state index contributed by atoms with van der Waals surface area (Å²) in [6.07, 6.45) is -5.54. The molecule has 10 heteroatoms. The minimum atomic E-state index is -4.42. The first-order valence-corrected chi connectivity index (χ1v) is 10.3. The number of halogens is 4. The first-order valence-electron chi connectivity index (χ1n) is 10.3. The van der Waals surface area contributed by atoms with Crippen LogP contribution in [0.1, 0.15) is 23.7 Å². The van der Waals surface area contributed by atoms with Crippen molar-refractivity contribution < 1.29 is 27.5 Å². The molecule has 2 aromatic rings. The van der Waals surface area contributed by atoms with Gasteiger partial charge in [-0.05, 0) is 23.8 Å². The second kappa shape index (κ2) is 8.67. The molecule has 172 valence electrons. The first-order chi connectivity index (χ1) is 15.2. The summed E-state index contributed by atoms with van der Waals surface area (Å²) in [5.41, 5.74) is 0.927. The minimum absolute atomic E-state index is 0.0756. The number of fused-ring (bicyclic) bond motifs is 3. The van der Waals surface area contributed by atoms with Gasteiger partial charge in [0.1, 0.15) is 5.82 Å². The van der Waals surface area contributed by atoms with Crippen LogP contribution < -0.4 is 10.9 Å². The molecule has 3 heterocycles. The van der Waals surface area contributed by atoms with Crippen LogP contribution in [0.2, 0.25) is 0 Å². The Morgan fingerprint density at radius 3 is 2.53 bits per heavy atom. The number of alkyl halides is 3. The quantitative estimate of drug-likeness (QED) is 0.658. The third kappa shape index (κ3) is 4.29. The zero-order chi connectivity index (χ0) is 23.0. The van der Waals surface area contributed by atoms with Crippen LogP contribution in [0.4, 0.5) is 17.6 Å². The van der Waals surface area contributed by atoms with Gasteiger partial charge < -0.3 is 15.0 Å². The average molecular weight is 453 g/mol. The molecule has 2 N–H and O–H groups in total. The maximum atomic E-state index is 13.1. The van der Waals surface area contributed by atoms with E-state index in [9.17, 15) is 32.3 Å². The lowest BCUT2D eigenvalue weighted by Gasteiger charge is -2.31. The molecular weight excluding hydrogens is 430 g/mol. The van der Waals surface area contributed by atoms with E-state index in [2.05, 4.69) is 5.32 Å². The molecule has 0 saturated carbocycles. The number of rotatable bonds is 6. The Morgan fingerprint density at radius 2 is 1.88 bits per heavy atom. The maximum absolute atomic E-state index is 13.1. The van der Waals surface area contributed by atoms with Crippen LogP contribution in [-0.4, -0.2) is 45.9 Å². The Labute approximate surface area is 181 Å². The molecule has 1 aromatic heterocycles. The van der Waals surface area contributed by atoms with Crippen molar-refractivity contribution in [1.29, 1.82) is 0 Å². The van der Waals surface area contributed by atoms with Gasteiger partial charge in [-0.25, -0.2) is 4.39 Å². The number of amides is 1. The van der Waals surface area contributed by atoms with Gasteiger partial charge in [0.25, 0.3) is 5.56 Å². The van der Waals surface area contributed by atoms with Gasteiger partial charge in [0.15, 0.2) is 0 Å². The van der Waals surface area contributed by atoms with E-state index < -0.39 is 55.5 Å². The molecule has 0 radical (unpaired) electrons. The van der Waals surface area contributed by atoms with E-state index in [4.69, 9.17) is 0 Å². The number of carbonyl (C=O) groups is 1. The molecule has 2 aliphatic rings. The summed E-state index contributed by atoms with van der Waals surface area (Å²) in [6.45, 7) is -0.526. The Kier molecular flexibility index (Phi) is 6.09. The smallest absolute Gasteiger partial charge is 0.390 e. The zero-order valence-electron chi connectivity index (χ0n) is 17.1. The molecule has 1 amide bonds. The summed E-state index contributed by atoms with van der Waals surface area (Å²) in [6, 6.07) is 8.57. The number of carbonyl (C=O) groups excluding carboxylic acids is 1. The zero-order valence-corrected chi connectivity index (χ0v) is 17.1. The molecule has 1 fully saturated rings. The van der Waals surface area contributed by atoms with Crippen LogP contribution in [0.3, 0.4) is 0 Å². The lowest BCUT2D eigenvalue weighted by atomic mass is 9.88. The molecule has 1 saturated heterocycles. The Balaban J connectivity index is 1.62. The van der Waals surface area contributed by atoms with Crippen molar-refractivity contribution in [3.8, 4) is 0 Å². The number of benzene rings is 1. The molecule has 2 aliphatic heterocycles. The SMILES string of the molecule is O=C(NCc1ccc(F)cc1)[C@@H]1[C@@H](CO)[C@@H]2Cn3c(cccc3=O)[C@@H]2N1CCC(F)(F)F. The number of aliphatic hydroxyl groups is 1. The number of hydrogen-bond donors (Lipinski definition) is 2. The Bertz CT molecular complexity index is 1040. The maximum Gasteiger partial charge on any atom is 0.390 e. The molecule has 4 atom stereocenters. The standard InChI is InChI=1S/C22H23F4N3O3/c23-14-6-4-13(5-7-14)10-27-21(32)20-16(12-30)15-11-29-17(2-1-3-18(29)31)19(15)28(20)9-8-22(24,25)26/h1-7,15-16,19-20,30H,8-12H2,(H,27,32)/t15-,16-,19+,20-/m0/s1. The van der Waals surface area contributed by atoms with Crippen LogP contribution in [-0.2, 0) is 17.9 Å². The summed E-state index contributed by atoms with van der Waals surface area (Å²) in [4.78, 5) is 26.8. The van der Waals surface area contributed by atoms with Crippen LogP contribution in [0.5, 0.6) is 0 Å². The van der Waals surface area contributed by atoms with Crippen molar-refractivity contribution in [2.45, 2.75) is 37.8 Å². The van der Waals surface area contributed by atoms with E-state index in [-0.39, 0.29) is 24.6 Å². The minimum Gasteiger partial charge on any atom is -0.396 e. The van der Waals surface area contributed by atoms with E-state index in [0.717, 1.165) is 0 Å². The van der Waals surface area contributed by atoms with Crippen molar-refractivity contribution in [3.05, 3.63) is 69.9 Å². The van der Waals surface area contributed by atoms with Gasteiger partial charge in [0.05, 0.1) is 18.5 Å². The topological polar surface area (TPSA) is 74.6 Å². The second-order valence-electron chi connectivity index (χ2n) is 8.25. The number of nitrogens with one attached hydrogen (secondary N) is 1.